The first-order chi connectivity index (χ1) is 7.60. The van der Waals surface area contributed by atoms with Crippen LogP contribution in [-0.4, -0.2) is 28.9 Å². The van der Waals surface area contributed by atoms with Crippen molar-refractivity contribution >= 4 is 33.4 Å². The molecule has 0 spiro atoms. The normalized spacial score (nSPS) is 10.2. The molecule has 5 heteroatoms. The molecular weight excluding hydrogens is 291 g/mol. The molecule has 0 atom stereocenters. The summed E-state index contributed by atoms with van der Waals surface area (Å²) in [6, 6.07) is 1.70. The van der Waals surface area contributed by atoms with Gasteiger partial charge in [-0.25, -0.2) is 4.98 Å². The number of halogens is 2. The van der Waals surface area contributed by atoms with Gasteiger partial charge < -0.3 is 4.90 Å². The van der Waals surface area contributed by atoms with Crippen LogP contribution >= 0.6 is 27.5 Å². The highest BCUT2D eigenvalue weighted by atomic mass is 79.9. The molecule has 0 aliphatic rings. The molecule has 0 aromatic carbocycles. The second kappa shape index (κ2) is 6.21. The van der Waals surface area contributed by atoms with Crippen molar-refractivity contribution < 1.29 is 4.79 Å². The van der Waals surface area contributed by atoms with E-state index in [9.17, 15) is 4.79 Å². The number of rotatable bonds is 4. The molecule has 16 heavy (non-hydrogen) atoms. The summed E-state index contributed by atoms with van der Waals surface area (Å²) in [4.78, 5) is 17.8. The van der Waals surface area contributed by atoms with Gasteiger partial charge in [-0.2, -0.15) is 0 Å². The molecule has 0 saturated carbocycles. The Bertz CT molecular complexity index is 384. The summed E-state index contributed by atoms with van der Waals surface area (Å²) in [5.74, 6) is -0.0665. The Morgan fingerprint density at radius 1 is 1.56 bits per heavy atom. The number of carbonyl (C=O) groups excluding carboxylic acids is 1. The summed E-state index contributed by atoms with van der Waals surface area (Å²) in [7, 11) is 0. The lowest BCUT2D eigenvalue weighted by Gasteiger charge is -2.20. The van der Waals surface area contributed by atoms with Crippen LogP contribution in [0.1, 0.15) is 30.6 Å². The number of nitrogens with zero attached hydrogens (tertiary/aromatic N) is 2. The van der Waals surface area contributed by atoms with E-state index in [2.05, 4.69) is 20.9 Å². The highest BCUT2D eigenvalue weighted by molar-refractivity contribution is 9.10. The molecule has 88 valence electrons. The van der Waals surface area contributed by atoms with Gasteiger partial charge in [-0.05, 0) is 35.3 Å². The molecule has 1 heterocycles. The van der Waals surface area contributed by atoms with Crippen molar-refractivity contribution in [3.63, 3.8) is 0 Å². The largest absolute Gasteiger partial charge is 0.339 e. The van der Waals surface area contributed by atoms with Gasteiger partial charge in [-0.1, -0.05) is 18.5 Å². The Morgan fingerprint density at radius 2 is 2.25 bits per heavy atom. The van der Waals surface area contributed by atoms with Gasteiger partial charge in [0.15, 0.2) is 0 Å². The lowest BCUT2D eigenvalue weighted by atomic mass is 10.2. The number of hydrogen-bond acceptors (Lipinski definition) is 2. The van der Waals surface area contributed by atoms with Gasteiger partial charge in [0.2, 0.25) is 0 Å². The second-order valence-electron chi connectivity index (χ2n) is 3.38. The Balaban J connectivity index is 2.98. The fourth-order valence-corrected chi connectivity index (χ4v) is 1.93. The number of carbonyl (C=O) groups is 1. The van der Waals surface area contributed by atoms with Crippen LogP contribution in [0.5, 0.6) is 0 Å². The van der Waals surface area contributed by atoms with E-state index in [-0.39, 0.29) is 11.1 Å². The number of hydrogen-bond donors (Lipinski definition) is 0. The van der Waals surface area contributed by atoms with E-state index in [4.69, 9.17) is 11.6 Å². The van der Waals surface area contributed by atoms with Gasteiger partial charge in [-0.15, -0.1) is 0 Å². The van der Waals surface area contributed by atoms with Gasteiger partial charge in [-0.3, -0.25) is 4.79 Å². The number of pyridine rings is 1. The molecule has 0 radical (unpaired) electrons. The zero-order valence-corrected chi connectivity index (χ0v) is 11.7. The van der Waals surface area contributed by atoms with Crippen LogP contribution in [0.4, 0.5) is 0 Å². The molecule has 0 aliphatic carbocycles. The molecule has 1 aromatic heterocycles. The third-order valence-corrected chi connectivity index (χ3v) is 2.93. The fourth-order valence-electron chi connectivity index (χ4n) is 1.42. The van der Waals surface area contributed by atoms with Crippen LogP contribution in [0.2, 0.25) is 5.15 Å². The average molecular weight is 306 g/mol. The van der Waals surface area contributed by atoms with E-state index in [0.717, 1.165) is 17.4 Å². The van der Waals surface area contributed by atoms with Gasteiger partial charge in [0.1, 0.15) is 5.15 Å². The van der Waals surface area contributed by atoms with Crippen LogP contribution in [0.3, 0.4) is 0 Å². The third-order valence-electron chi connectivity index (χ3n) is 2.20. The molecule has 0 N–H and O–H groups in total. The van der Waals surface area contributed by atoms with Gasteiger partial charge in [0.05, 0.1) is 5.56 Å². The Labute approximate surface area is 109 Å². The molecule has 1 amide bonds. The molecule has 1 aromatic rings. The third kappa shape index (κ3) is 3.19. The summed E-state index contributed by atoms with van der Waals surface area (Å²) in [6.45, 7) is 5.40. The highest BCUT2D eigenvalue weighted by Crippen LogP contribution is 2.19. The Hall–Kier alpha value is -0.610. The van der Waals surface area contributed by atoms with Crippen molar-refractivity contribution in [2.75, 3.05) is 13.1 Å². The quantitative estimate of drug-likeness (QED) is 0.799. The predicted octanol–water partition coefficient (Wildman–Crippen LogP) is 3.37. The van der Waals surface area contributed by atoms with Gasteiger partial charge in [0, 0.05) is 23.8 Å². The predicted molar refractivity (Wildman–Crippen MR) is 68.8 cm³/mol. The lowest BCUT2D eigenvalue weighted by molar-refractivity contribution is 0.0764. The van der Waals surface area contributed by atoms with Gasteiger partial charge >= 0.3 is 0 Å². The number of amides is 1. The van der Waals surface area contributed by atoms with Crippen LogP contribution in [0, 0.1) is 0 Å². The smallest absolute Gasteiger partial charge is 0.257 e. The zero-order chi connectivity index (χ0) is 12.1. The minimum absolute atomic E-state index is 0.0665. The van der Waals surface area contributed by atoms with E-state index in [1.807, 2.05) is 13.8 Å². The monoisotopic (exact) mass is 304 g/mol. The molecule has 0 aliphatic heterocycles. The summed E-state index contributed by atoms with van der Waals surface area (Å²) in [5, 5.41) is 0.253. The maximum Gasteiger partial charge on any atom is 0.257 e. The SMILES string of the molecule is CCCN(CC)C(=O)c1cc(Br)cnc1Cl. The average Bonchev–Trinajstić information content (AvgIpc) is 2.28. The summed E-state index contributed by atoms with van der Waals surface area (Å²) >= 11 is 9.20. The van der Waals surface area contributed by atoms with Crippen molar-refractivity contribution in [3.05, 3.63) is 27.5 Å². The Kier molecular flexibility index (Phi) is 5.22. The van der Waals surface area contributed by atoms with Gasteiger partial charge in [0.25, 0.3) is 5.91 Å². The molecule has 0 bridgehead atoms. The minimum Gasteiger partial charge on any atom is -0.339 e. The molecular formula is C11H14BrClN2O. The van der Waals surface area contributed by atoms with Crippen LogP contribution < -0.4 is 0 Å². The maximum atomic E-state index is 12.1. The standard InChI is InChI=1S/C11H14BrClN2O/c1-3-5-15(4-2)11(16)9-6-8(12)7-14-10(9)13/h6-7H,3-5H2,1-2H3. The van der Waals surface area contributed by atoms with Crippen LogP contribution in [0.15, 0.2) is 16.7 Å². The van der Waals surface area contributed by atoms with Crippen LogP contribution in [-0.2, 0) is 0 Å². The van der Waals surface area contributed by atoms with Crippen LogP contribution in [0.25, 0.3) is 0 Å². The first-order valence-electron chi connectivity index (χ1n) is 5.20. The topological polar surface area (TPSA) is 33.2 Å². The second-order valence-corrected chi connectivity index (χ2v) is 4.65. The summed E-state index contributed by atoms with van der Waals surface area (Å²) < 4.78 is 0.757. The maximum absolute atomic E-state index is 12.1. The fraction of sp³-hybridized carbons (Fsp3) is 0.455. The lowest BCUT2D eigenvalue weighted by Crippen LogP contribution is -2.31. The zero-order valence-electron chi connectivity index (χ0n) is 9.33. The van der Waals surface area contributed by atoms with Crippen molar-refractivity contribution in [3.8, 4) is 0 Å². The molecule has 0 saturated heterocycles. The minimum atomic E-state index is -0.0665. The molecule has 3 nitrogen and oxygen atoms in total. The first-order valence-corrected chi connectivity index (χ1v) is 6.37. The van der Waals surface area contributed by atoms with Crippen molar-refractivity contribution in [2.45, 2.75) is 20.3 Å². The highest BCUT2D eigenvalue weighted by Gasteiger charge is 2.17. The van der Waals surface area contributed by atoms with Crippen molar-refractivity contribution in [1.29, 1.82) is 0 Å². The van der Waals surface area contributed by atoms with Crippen molar-refractivity contribution in [2.24, 2.45) is 0 Å². The van der Waals surface area contributed by atoms with E-state index in [1.54, 1.807) is 17.2 Å². The Morgan fingerprint density at radius 3 is 2.81 bits per heavy atom. The molecule has 1 rings (SSSR count). The number of aromatic nitrogens is 1. The van der Waals surface area contributed by atoms with E-state index in [0.29, 0.717) is 12.1 Å². The van der Waals surface area contributed by atoms with E-state index in [1.165, 1.54) is 0 Å². The summed E-state index contributed by atoms with van der Waals surface area (Å²) in [5.41, 5.74) is 0.450. The molecule has 0 unspecified atom stereocenters. The molecule has 0 fully saturated rings. The van der Waals surface area contributed by atoms with E-state index >= 15 is 0 Å². The first kappa shape index (κ1) is 13.5. The summed E-state index contributed by atoms with van der Waals surface area (Å²) in [6.07, 6.45) is 2.51. The van der Waals surface area contributed by atoms with E-state index < -0.39 is 0 Å². The van der Waals surface area contributed by atoms with Crippen molar-refractivity contribution in [1.82, 2.24) is 9.88 Å².